The number of nitrogens with zero attached hydrogens (tertiary/aromatic N) is 1. The van der Waals surface area contributed by atoms with Crippen LogP contribution in [-0.4, -0.2) is 27.4 Å². The highest BCUT2D eigenvalue weighted by Gasteiger charge is 2.33. The maximum absolute atomic E-state index is 12.6. The molecule has 21 heavy (non-hydrogen) atoms. The number of amidine groups is 1. The van der Waals surface area contributed by atoms with Crippen LogP contribution in [0.5, 0.6) is 0 Å². The van der Waals surface area contributed by atoms with Gasteiger partial charge in [-0.15, -0.1) is 0 Å². The topological polar surface area (TPSA) is 78.8 Å². The number of carboxylic acid groups (broad SMARTS) is 1. The van der Waals surface area contributed by atoms with Crippen LogP contribution in [-0.2, 0) is 15.8 Å². The van der Waals surface area contributed by atoms with Gasteiger partial charge in [0, 0.05) is 0 Å². The molecule has 0 spiro atoms. The minimum Gasteiger partial charge on any atom is -0.481 e. The predicted octanol–water partition coefficient (Wildman–Crippen LogP) is 2.40. The number of alkyl halides is 3. The zero-order chi connectivity index (χ0) is 15.6. The average molecular weight is 318 g/mol. The molecule has 1 aromatic rings. The van der Waals surface area contributed by atoms with Gasteiger partial charge in [0.25, 0.3) is 0 Å². The number of hydrogen-bond donors (Lipinski definition) is 2. The third kappa shape index (κ3) is 3.97. The van der Waals surface area contributed by atoms with Crippen LogP contribution >= 0.6 is 11.8 Å². The molecular formula is C12H9F3N2O3S. The largest absolute Gasteiger partial charge is 0.481 e. The predicted molar refractivity (Wildman–Crippen MR) is 70.3 cm³/mol. The summed E-state index contributed by atoms with van der Waals surface area (Å²) in [4.78, 5) is 25.9. The van der Waals surface area contributed by atoms with Crippen LogP contribution < -0.4 is 5.32 Å². The van der Waals surface area contributed by atoms with Gasteiger partial charge in [-0.2, -0.15) is 13.2 Å². The first-order chi connectivity index (χ1) is 9.75. The van der Waals surface area contributed by atoms with Gasteiger partial charge in [-0.25, -0.2) is 4.99 Å². The van der Waals surface area contributed by atoms with Crippen LogP contribution in [0.25, 0.3) is 0 Å². The first-order valence-corrected chi connectivity index (χ1v) is 6.59. The Kier molecular flexibility index (Phi) is 4.21. The van der Waals surface area contributed by atoms with E-state index in [0.29, 0.717) is 0 Å². The smallest absolute Gasteiger partial charge is 0.416 e. The number of aliphatic imine (C=N–C) groups is 1. The van der Waals surface area contributed by atoms with E-state index in [9.17, 15) is 22.8 Å². The molecule has 1 atom stereocenters. The molecule has 112 valence electrons. The molecule has 5 nitrogen and oxygen atoms in total. The summed E-state index contributed by atoms with van der Waals surface area (Å²) in [5.41, 5.74) is -0.815. The van der Waals surface area contributed by atoms with Crippen LogP contribution in [0.15, 0.2) is 29.3 Å². The molecule has 0 radical (unpaired) electrons. The first-order valence-electron chi connectivity index (χ1n) is 5.71. The molecular weight excluding hydrogens is 309 g/mol. The number of benzene rings is 1. The number of amides is 1. The fourth-order valence-corrected chi connectivity index (χ4v) is 2.60. The van der Waals surface area contributed by atoms with Gasteiger partial charge in [-0.3, -0.25) is 9.59 Å². The van der Waals surface area contributed by atoms with E-state index in [-0.39, 0.29) is 17.3 Å². The van der Waals surface area contributed by atoms with E-state index in [4.69, 9.17) is 5.11 Å². The van der Waals surface area contributed by atoms with Crippen LogP contribution in [0.3, 0.4) is 0 Å². The van der Waals surface area contributed by atoms with Crippen LogP contribution in [0, 0.1) is 0 Å². The van der Waals surface area contributed by atoms with Crippen molar-refractivity contribution in [2.24, 2.45) is 4.99 Å². The number of carbonyl (C=O) groups excluding carboxylic acids is 1. The molecule has 1 amide bonds. The minimum atomic E-state index is -4.48. The number of thioether (sulfide) groups is 1. The number of rotatable bonds is 3. The molecule has 1 aromatic carbocycles. The highest BCUT2D eigenvalue weighted by molar-refractivity contribution is 8.15. The molecule has 1 heterocycles. The van der Waals surface area contributed by atoms with Crippen molar-refractivity contribution in [3.63, 3.8) is 0 Å². The molecule has 1 fully saturated rings. The highest BCUT2D eigenvalue weighted by Crippen LogP contribution is 2.32. The third-order valence-electron chi connectivity index (χ3n) is 2.54. The van der Waals surface area contributed by atoms with Crippen molar-refractivity contribution in [1.29, 1.82) is 0 Å². The van der Waals surface area contributed by atoms with Gasteiger partial charge < -0.3 is 10.4 Å². The zero-order valence-electron chi connectivity index (χ0n) is 10.3. The normalized spacial score (nSPS) is 20.6. The van der Waals surface area contributed by atoms with E-state index in [1.165, 1.54) is 12.1 Å². The Morgan fingerprint density at radius 2 is 2.14 bits per heavy atom. The Hall–Kier alpha value is -2.03. The maximum atomic E-state index is 12.6. The quantitative estimate of drug-likeness (QED) is 0.897. The first kappa shape index (κ1) is 15.4. The van der Waals surface area contributed by atoms with E-state index in [0.717, 1.165) is 23.9 Å². The third-order valence-corrected chi connectivity index (χ3v) is 3.62. The molecule has 2 N–H and O–H groups in total. The summed E-state index contributed by atoms with van der Waals surface area (Å²) in [6.45, 7) is 0. The van der Waals surface area contributed by atoms with Crippen molar-refractivity contribution in [3.8, 4) is 0 Å². The number of carbonyl (C=O) groups is 2. The lowest BCUT2D eigenvalue weighted by molar-refractivity contribution is -0.138. The Bertz CT molecular complexity index is 616. The molecule has 0 aliphatic carbocycles. The zero-order valence-corrected chi connectivity index (χ0v) is 11.2. The van der Waals surface area contributed by atoms with Gasteiger partial charge in [0.15, 0.2) is 5.17 Å². The summed E-state index contributed by atoms with van der Waals surface area (Å²) in [5.74, 6) is -1.66. The number of aliphatic carboxylic acids is 1. The number of carboxylic acids is 1. The summed E-state index contributed by atoms with van der Waals surface area (Å²) in [6, 6.07) is 4.33. The lowest BCUT2D eigenvalue weighted by atomic mass is 10.2. The molecule has 0 bridgehead atoms. The van der Waals surface area contributed by atoms with Crippen molar-refractivity contribution in [1.82, 2.24) is 5.32 Å². The monoisotopic (exact) mass is 318 g/mol. The lowest BCUT2D eigenvalue weighted by Gasteiger charge is -2.06. The summed E-state index contributed by atoms with van der Waals surface area (Å²) in [5, 5.41) is 10.2. The van der Waals surface area contributed by atoms with Gasteiger partial charge in [0.1, 0.15) is 5.25 Å². The summed E-state index contributed by atoms with van der Waals surface area (Å²) < 4.78 is 37.7. The van der Waals surface area contributed by atoms with E-state index in [2.05, 4.69) is 10.3 Å². The van der Waals surface area contributed by atoms with Gasteiger partial charge in [-0.1, -0.05) is 17.8 Å². The van der Waals surface area contributed by atoms with E-state index >= 15 is 0 Å². The van der Waals surface area contributed by atoms with Gasteiger partial charge in [0.2, 0.25) is 5.91 Å². The van der Waals surface area contributed by atoms with Crippen molar-refractivity contribution >= 4 is 34.5 Å². The van der Waals surface area contributed by atoms with Gasteiger partial charge >= 0.3 is 12.1 Å². The summed E-state index contributed by atoms with van der Waals surface area (Å²) in [6.07, 6.45) is -4.85. The molecule has 9 heteroatoms. The molecule has 1 saturated heterocycles. The van der Waals surface area contributed by atoms with Crippen LogP contribution in [0.4, 0.5) is 18.9 Å². The second-order valence-electron chi connectivity index (χ2n) is 4.16. The Morgan fingerprint density at radius 3 is 2.76 bits per heavy atom. The van der Waals surface area contributed by atoms with Crippen molar-refractivity contribution in [2.75, 3.05) is 0 Å². The molecule has 1 aliphatic heterocycles. The summed E-state index contributed by atoms with van der Waals surface area (Å²) in [7, 11) is 0. The molecule has 2 rings (SSSR count). The lowest BCUT2D eigenvalue weighted by Crippen LogP contribution is -2.26. The highest BCUT2D eigenvalue weighted by atomic mass is 32.2. The number of hydrogen-bond acceptors (Lipinski definition) is 4. The second-order valence-corrected chi connectivity index (χ2v) is 5.35. The average Bonchev–Trinajstić information content (AvgIpc) is 2.68. The number of halogens is 3. The van der Waals surface area contributed by atoms with E-state index < -0.39 is 28.9 Å². The minimum absolute atomic E-state index is 0.0311. The Labute approximate surface area is 121 Å². The van der Waals surface area contributed by atoms with Crippen molar-refractivity contribution in [3.05, 3.63) is 29.8 Å². The van der Waals surface area contributed by atoms with E-state index in [1.807, 2.05) is 0 Å². The van der Waals surface area contributed by atoms with E-state index in [1.54, 1.807) is 0 Å². The maximum Gasteiger partial charge on any atom is 0.416 e. The number of nitrogens with one attached hydrogen (secondary N) is 1. The SMILES string of the molecule is O=C(O)C[C@@H]1SC(=Nc2cccc(C(F)(F)F)c2)NC1=O. The van der Waals surface area contributed by atoms with Crippen molar-refractivity contribution < 1.29 is 27.9 Å². The van der Waals surface area contributed by atoms with Crippen LogP contribution in [0.1, 0.15) is 12.0 Å². The van der Waals surface area contributed by atoms with Gasteiger partial charge in [0.05, 0.1) is 17.7 Å². The fraction of sp³-hybridized carbons (Fsp3) is 0.250. The molecule has 1 aliphatic rings. The second kappa shape index (κ2) is 5.76. The van der Waals surface area contributed by atoms with Gasteiger partial charge in [-0.05, 0) is 18.2 Å². The summed E-state index contributed by atoms with van der Waals surface area (Å²) >= 11 is 0.883. The standard InChI is InChI=1S/C12H9F3N2O3S/c13-12(14,15)6-2-1-3-7(4-6)16-11-17-10(20)8(21-11)5-9(18)19/h1-4,8H,5H2,(H,18,19)(H,16,17,20)/t8-/m0/s1. The molecule has 0 saturated carbocycles. The molecule has 0 unspecified atom stereocenters. The van der Waals surface area contributed by atoms with Crippen LogP contribution in [0.2, 0.25) is 0 Å². The fourth-order valence-electron chi connectivity index (χ4n) is 1.62. The molecule has 0 aromatic heterocycles. The Morgan fingerprint density at radius 1 is 1.43 bits per heavy atom. The van der Waals surface area contributed by atoms with Crippen molar-refractivity contribution in [2.45, 2.75) is 17.8 Å². The Balaban J connectivity index is 2.18.